The van der Waals surface area contributed by atoms with Crippen LogP contribution in [0.1, 0.15) is 43.0 Å². The van der Waals surface area contributed by atoms with Crippen LogP contribution in [0.2, 0.25) is 0 Å². The second kappa shape index (κ2) is 12.5. The van der Waals surface area contributed by atoms with E-state index >= 15 is 0 Å². The van der Waals surface area contributed by atoms with Crippen molar-refractivity contribution in [3.8, 4) is 0 Å². The average Bonchev–Trinajstić information content (AvgIpc) is 2.67. The molecule has 30 heavy (non-hydrogen) atoms. The van der Waals surface area contributed by atoms with Crippen LogP contribution in [0.5, 0.6) is 0 Å². The Kier molecular flexibility index (Phi) is 11.6. The summed E-state index contributed by atoms with van der Waals surface area (Å²) < 4.78 is 4.99. The van der Waals surface area contributed by atoms with Crippen LogP contribution < -0.4 is 5.73 Å². The van der Waals surface area contributed by atoms with Gasteiger partial charge in [-0.2, -0.15) is 9.90 Å². The Morgan fingerprint density at radius 2 is 1.13 bits per heavy atom. The topological polar surface area (TPSA) is 130 Å². The summed E-state index contributed by atoms with van der Waals surface area (Å²) in [5.41, 5.74) is 8.49. The van der Waals surface area contributed by atoms with Gasteiger partial charge in [-0.05, 0) is 51.0 Å². The summed E-state index contributed by atoms with van der Waals surface area (Å²) in [7, 11) is 0. The molecule has 0 aliphatic rings. The van der Waals surface area contributed by atoms with Gasteiger partial charge in [-0.1, -0.05) is 35.4 Å². The summed E-state index contributed by atoms with van der Waals surface area (Å²) in [5.74, 6) is -1.23. The van der Waals surface area contributed by atoms with Crippen LogP contribution in [0, 0.1) is 27.7 Å². The zero-order valence-electron chi connectivity index (χ0n) is 17.9. The van der Waals surface area contributed by atoms with Crippen molar-refractivity contribution in [2.24, 2.45) is 5.73 Å². The molecule has 0 aromatic heterocycles. The van der Waals surface area contributed by atoms with Crippen LogP contribution in [0.25, 0.3) is 0 Å². The standard InChI is InChI=1S/C18H18O3.C4H11NO3.H3P/c1-11-5-7-15(13(3)9-11)17(19)21-18(20)16-8-6-12(2)10-14(16)4;5-4(1-6,2-7)3-8;/h5-10H,1-4H3;6-8H,1-3,5H2;1H3. The van der Waals surface area contributed by atoms with Crippen molar-refractivity contribution in [1.82, 2.24) is 0 Å². The van der Waals surface area contributed by atoms with Gasteiger partial charge in [-0.25, -0.2) is 9.59 Å². The molecule has 2 aromatic carbocycles. The van der Waals surface area contributed by atoms with Crippen molar-refractivity contribution in [2.45, 2.75) is 33.2 Å². The Bertz CT molecular complexity index is 795. The van der Waals surface area contributed by atoms with Gasteiger partial charge < -0.3 is 25.8 Å². The van der Waals surface area contributed by atoms with E-state index in [0.29, 0.717) is 11.1 Å². The number of carbonyl (C=O) groups excluding carboxylic acids is 2. The molecule has 2 rings (SSSR count). The monoisotopic (exact) mass is 437 g/mol. The fourth-order valence-corrected chi connectivity index (χ4v) is 2.43. The zero-order chi connectivity index (χ0) is 22.2. The highest BCUT2D eigenvalue weighted by Gasteiger charge is 2.21. The van der Waals surface area contributed by atoms with Gasteiger partial charge >= 0.3 is 11.9 Å². The van der Waals surface area contributed by atoms with Gasteiger partial charge in [0.05, 0.1) is 36.5 Å². The van der Waals surface area contributed by atoms with Gasteiger partial charge in [0.25, 0.3) is 0 Å². The van der Waals surface area contributed by atoms with Crippen molar-refractivity contribution >= 4 is 21.8 Å². The number of aliphatic hydroxyl groups is 3. The van der Waals surface area contributed by atoms with Crippen LogP contribution in [0.15, 0.2) is 36.4 Å². The highest BCUT2D eigenvalue weighted by molar-refractivity contribution is 6.92. The molecular formula is C22H32NO6P. The number of esters is 2. The molecule has 0 heterocycles. The smallest absolute Gasteiger partial charge is 0.346 e. The minimum Gasteiger partial charge on any atom is -0.394 e. The van der Waals surface area contributed by atoms with Crippen molar-refractivity contribution in [2.75, 3.05) is 19.8 Å². The molecule has 0 aliphatic carbocycles. The summed E-state index contributed by atoms with van der Waals surface area (Å²) in [6.45, 7) is 6.34. The highest BCUT2D eigenvalue weighted by Crippen LogP contribution is 2.15. The van der Waals surface area contributed by atoms with Crippen LogP contribution in [-0.2, 0) is 4.74 Å². The summed E-state index contributed by atoms with van der Waals surface area (Å²) in [6, 6.07) is 10.8. The molecule has 0 spiro atoms. The van der Waals surface area contributed by atoms with E-state index in [9.17, 15) is 9.59 Å². The molecule has 0 bridgehead atoms. The van der Waals surface area contributed by atoms with Crippen molar-refractivity contribution in [3.05, 3.63) is 69.8 Å². The Morgan fingerprint density at radius 1 is 0.800 bits per heavy atom. The van der Waals surface area contributed by atoms with E-state index < -0.39 is 37.3 Å². The lowest BCUT2D eigenvalue weighted by Crippen LogP contribution is -2.50. The third kappa shape index (κ3) is 7.94. The average molecular weight is 437 g/mol. The zero-order valence-corrected chi connectivity index (χ0v) is 19.4. The quantitative estimate of drug-likeness (QED) is 0.318. The molecule has 5 N–H and O–H groups in total. The molecule has 0 amide bonds. The van der Waals surface area contributed by atoms with E-state index in [1.165, 1.54) is 0 Å². The number of aryl methyl sites for hydroxylation is 4. The second-order valence-electron chi connectivity index (χ2n) is 7.15. The SMILES string of the molecule is Cc1ccc(C(=O)OC(=O)c2ccc(C)cc2C)c(C)c1.NC(CO)(CO)CO.P. The highest BCUT2D eigenvalue weighted by atomic mass is 31.0. The lowest BCUT2D eigenvalue weighted by atomic mass is 10.1. The molecule has 2 aromatic rings. The predicted molar refractivity (Wildman–Crippen MR) is 121 cm³/mol. The van der Waals surface area contributed by atoms with Gasteiger partial charge in [0.15, 0.2) is 0 Å². The first-order valence-electron chi connectivity index (χ1n) is 9.09. The van der Waals surface area contributed by atoms with Gasteiger partial charge in [0.2, 0.25) is 0 Å². The lowest BCUT2D eigenvalue weighted by Gasteiger charge is -2.20. The molecule has 7 nitrogen and oxygen atoms in total. The molecule has 8 heteroatoms. The summed E-state index contributed by atoms with van der Waals surface area (Å²) in [4.78, 5) is 24.2. The number of benzene rings is 2. The van der Waals surface area contributed by atoms with Crippen LogP contribution >= 0.6 is 9.90 Å². The van der Waals surface area contributed by atoms with Crippen LogP contribution in [0.3, 0.4) is 0 Å². The minimum absolute atomic E-state index is 0. The Hall–Kier alpha value is -2.15. The molecule has 1 atom stereocenters. The molecule has 0 radical (unpaired) electrons. The molecular weight excluding hydrogens is 405 g/mol. The van der Waals surface area contributed by atoms with E-state index in [1.807, 2.05) is 52.0 Å². The van der Waals surface area contributed by atoms with Crippen molar-refractivity contribution in [1.29, 1.82) is 0 Å². The van der Waals surface area contributed by atoms with Crippen LogP contribution in [0.4, 0.5) is 0 Å². The number of nitrogens with two attached hydrogens (primary N) is 1. The number of aliphatic hydroxyl groups excluding tert-OH is 3. The summed E-state index contributed by atoms with van der Waals surface area (Å²) in [5, 5.41) is 25.0. The molecule has 0 fully saturated rings. The van der Waals surface area contributed by atoms with E-state index in [1.54, 1.807) is 12.1 Å². The maximum Gasteiger partial charge on any atom is 0.346 e. The molecule has 0 saturated carbocycles. The fourth-order valence-electron chi connectivity index (χ4n) is 2.43. The second-order valence-corrected chi connectivity index (χ2v) is 7.15. The third-order valence-corrected chi connectivity index (χ3v) is 4.33. The maximum absolute atomic E-state index is 12.1. The number of hydrogen-bond donors (Lipinski definition) is 4. The Labute approximate surface area is 180 Å². The van der Waals surface area contributed by atoms with Crippen molar-refractivity contribution in [3.63, 3.8) is 0 Å². The number of ether oxygens (including phenoxy) is 1. The summed E-state index contributed by atoms with van der Waals surface area (Å²) in [6.07, 6.45) is 0. The van der Waals surface area contributed by atoms with Gasteiger partial charge in [-0.15, -0.1) is 0 Å². The molecule has 0 aliphatic heterocycles. The van der Waals surface area contributed by atoms with Crippen LogP contribution in [-0.4, -0.2) is 52.6 Å². The largest absolute Gasteiger partial charge is 0.394 e. The van der Waals surface area contributed by atoms with Crippen molar-refractivity contribution < 1.29 is 29.6 Å². The Balaban J connectivity index is 0.000000801. The number of carbonyl (C=O) groups is 2. The van der Waals surface area contributed by atoms with Gasteiger partial charge in [-0.3, -0.25) is 0 Å². The van der Waals surface area contributed by atoms with E-state index in [0.717, 1.165) is 22.3 Å². The normalized spacial score (nSPS) is 10.4. The first kappa shape index (κ1) is 27.8. The van der Waals surface area contributed by atoms with Gasteiger partial charge in [0, 0.05) is 0 Å². The fraction of sp³-hybridized carbons (Fsp3) is 0.364. The minimum atomic E-state index is -1.21. The van der Waals surface area contributed by atoms with E-state index in [4.69, 9.17) is 25.8 Å². The lowest BCUT2D eigenvalue weighted by molar-refractivity contribution is 0.0396. The predicted octanol–water partition coefficient (Wildman–Crippen LogP) is 1.64. The van der Waals surface area contributed by atoms with E-state index in [-0.39, 0.29) is 9.90 Å². The third-order valence-electron chi connectivity index (χ3n) is 4.33. The first-order valence-corrected chi connectivity index (χ1v) is 9.09. The van der Waals surface area contributed by atoms with E-state index in [2.05, 4.69) is 0 Å². The molecule has 166 valence electrons. The molecule has 1 unspecified atom stereocenters. The first-order chi connectivity index (χ1) is 13.6. The number of rotatable bonds is 5. The van der Waals surface area contributed by atoms with Gasteiger partial charge in [0.1, 0.15) is 0 Å². The maximum atomic E-state index is 12.1. The number of hydrogen-bond acceptors (Lipinski definition) is 7. The molecule has 0 saturated heterocycles. The summed E-state index contributed by atoms with van der Waals surface area (Å²) >= 11 is 0. The Morgan fingerprint density at radius 3 is 1.37 bits per heavy atom.